The Morgan fingerprint density at radius 1 is 1.16 bits per heavy atom. The molecular formula is C15H22N6O4. The van der Waals surface area contributed by atoms with Crippen LogP contribution in [0.25, 0.3) is 11.2 Å². The molecule has 2 saturated heterocycles. The van der Waals surface area contributed by atoms with Gasteiger partial charge in [0.1, 0.15) is 18.3 Å². The summed E-state index contributed by atoms with van der Waals surface area (Å²) in [5.41, 5.74) is 6.90. The Hall–Kier alpha value is -2.01. The molecule has 4 unspecified atom stereocenters. The topological polar surface area (TPSA) is 143 Å². The number of fused-ring (bicyclic) bond motifs is 1. The van der Waals surface area contributed by atoms with Crippen molar-refractivity contribution in [1.82, 2.24) is 19.5 Å². The molecule has 136 valence electrons. The number of ether oxygens (including phenoxy) is 1. The Bertz CT molecular complexity index is 762. The molecule has 2 aliphatic heterocycles. The quantitative estimate of drug-likeness (QED) is 0.548. The van der Waals surface area contributed by atoms with Crippen molar-refractivity contribution in [1.29, 1.82) is 0 Å². The van der Waals surface area contributed by atoms with E-state index >= 15 is 0 Å². The lowest BCUT2D eigenvalue weighted by Gasteiger charge is -2.27. The van der Waals surface area contributed by atoms with Crippen LogP contribution in [-0.2, 0) is 4.74 Å². The number of piperidine rings is 1. The Kier molecular flexibility index (Phi) is 4.20. The van der Waals surface area contributed by atoms with Gasteiger partial charge in [-0.25, -0.2) is 4.98 Å². The molecule has 5 N–H and O–H groups in total. The van der Waals surface area contributed by atoms with Crippen LogP contribution in [0, 0.1) is 0 Å². The number of nitrogens with zero attached hydrogens (tertiary/aromatic N) is 5. The second-order valence-electron chi connectivity index (χ2n) is 6.51. The average Bonchev–Trinajstić information content (AvgIpc) is 3.16. The van der Waals surface area contributed by atoms with Crippen molar-refractivity contribution in [2.24, 2.45) is 0 Å². The summed E-state index contributed by atoms with van der Waals surface area (Å²) in [4.78, 5) is 15.1. The summed E-state index contributed by atoms with van der Waals surface area (Å²) in [5.74, 6) is 0.786. The number of aromatic nitrogens is 4. The zero-order chi connectivity index (χ0) is 17.6. The van der Waals surface area contributed by atoms with E-state index < -0.39 is 31.1 Å². The molecule has 4 heterocycles. The molecule has 0 amide bonds. The molecule has 4 rings (SSSR count). The van der Waals surface area contributed by atoms with Gasteiger partial charge in [0.15, 0.2) is 23.2 Å². The van der Waals surface area contributed by atoms with E-state index in [0.717, 1.165) is 25.9 Å². The standard InChI is InChI=1S/C15H22N6O4/c16-15-18-12(20-4-2-1-3-5-20)9-13(19-15)21(7-17-9)14-11(24)10(23)8(6-22)25-14/h7-8,10-11,14,22-24H,1-6H2,(H2,16,18,19). The first kappa shape index (κ1) is 16.5. The molecule has 10 heteroatoms. The largest absolute Gasteiger partial charge is 0.394 e. The maximum absolute atomic E-state index is 10.3. The Morgan fingerprint density at radius 2 is 1.92 bits per heavy atom. The number of imidazole rings is 1. The third kappa shape index (κ3) is 2.71. The van der Waals surface area contributed by atoms with Crippen LogP contribution < -0.4 is 10.6 Å². The van der Waals surface area contributed by atoms with Crippen molar-refractivity contribution in [2.75, 3.05) is 30.3 Å². The van der Waals surface area contributed by atoms with Gasteiger partial charge >= 0.3 is 0 Å². The Morgan fingerprint density at radius 3 is 2.60 bits per heavy atom. The van der Waals surface area contributed by atoms with Gasteiger partial charge in [-0.3, -0.25) is 4.57 Å². The summed E-state index contributed by atoms with van der Waals surface area (Å²) >= 11 is 0. The minimum atomic E-state index is -1.20. The first-order valence-electron chi connectivity index (χ1n) is 8.47. The first-order chi connectivity index (χ1) is 12.1. The molecule has 0 radical (unpaired) electrons. The molecule has 0 saturated carbocycles. The predicted octanol–water partition coefficient (Wildman–Crippen LogP) is -0.990. The molecule has 0 spiro atoms. The third-order valence-electron chi connectivity index (χ3n) is 4.87. The van der Waals surface area contributed by atoms with Gasteiger partial charge in [-0.1, -0.05) is 0 Å². The normalized spacial score (nSPS) is 30.3. The zero-order valence-electron chi connectivity index (χ0n) is 13.7. The van der Waals surface area contributed by atoms with E-state index in [-0.39, 0.29) is 5.95 Å². The maximum atomic E-state index is 10.3. The number of rotatable bonds is 3. The predicted molar refractivity (Wildman–Crippen MR) is 88.8 cm³/mol. The van der Waals surface area contributed by atoms with Crippen LogP contribution in [0.15, 0.2) is 6.33 Å². The number of aliphatic hydroxyl groups excluding tert-OH is 3. The van der Waals surface area contributed by atoms with Crippen LogP contribution in [0.2, 0.25) is 0 Å². The molecule has 25 heavy (non-hydrogen) atoms. The lowest BCUT2D eigenvalue weighted by atomic mass is 10.1. The molecule has 0 bridgehead atoms. The lowest BCUT2D eigenvalue weighted by molar-refractivity contribution is -0.0511. The van der Waals surface area contributed by atoms with E-state index in [4.69, 9.17) is 10.5 Å². The van der Waals surface area contributed by atoms with Crippen molar-refractivity contribution in [3.8, 4) is 0 Å². The molecule has 10 nitrogen and oxygen atoms in total. The summed E-state index contributed by atoms with van der Waals surface area (Å²) in [6.45, 7) is 1.37. The van der Waals surface area contributed by atoms with E-state index in [2.05, 4.69) is 19.9 Å². The van der Waals surface area contributed by atoms with Crippen molar-refractivity contribution in [3.63, 3.8) is 0 Å². The van der Waals surface area contributed by atoms with Gasteiger partial charge in [0.05, 0.1) is 12.9 Å². The second-order valence-corrected chi connectivity index (χ2v) is 6.51. The van der Waals surface area contributed by atoms with Crippen LogP contribution in [0.1, 0.15) is 25.5 Å². The zero-order valence-corrected chi connectivity index (χ0v) is 13.7. The molecule has 0 aromatic carbocycles. The first-order valence-corrected chi connectivity index (χ1v) is 8.47. The van der Waals surface area contributed by atoms with Gasteiger partial charge in [-0.15, -0.1) is 0 Å². The van der Waals surface area contributed by atoms with Crippen molar-refractivity contribution >= 4 is 22.9 Å². The van der Waals surface area contributed by atoms with Crippen LogP contribution >= 0.6 is 0 Å². The monoisotopic (exact) mass is 350 g/mol. The summed E-state index contributed by atoms with van der Waals surface area (Å²) < 4.78 is 7.10. The summed E-state index contributed by atoms with van der Waals surface area (Å²) in [7, 11) is 0. The molecule has 4 atom stereocenters. The van der Waals surface area contributed by atoms with Crippen molar-refractivity contribution < 1.29 is 20.1 Å². The Balaban J connectivity index is 1.75. The van der Waals surface area contributed by atoms with E-state index in [0.29, 0.717) is 17.0 Å². The maximum Gasteiger partial charge on any atom is 0.224 e. The van der Waals surface area contributed by atoms with Crippen LogP contribution in [0.3, 0.4) is 0 Å². The molecule has 2 aromatic rings. The summed E-state index contributed by atoms with van der Waals surface area (Å²) in [5, 5.41) is 29.5. The highest BCUT2D eigenvalue weighted by atomic mass is 16.6. The van der Waals surface area contributed by atoms with E-state index in [1.54, 1.807) is 0 Å². The highest BCUT2D eigenvalue weighted by Gasteiger charge is 2.44. The second kappa shape index (κ2) is 6.37. The van der Waals surface area contributed by atoms with Gasteiger partial charge in [-0.2, -0.15) is 9.97 Å². The molecule has 2 aliphatic rings. The number of aliphatic hydroxyl groups is 3. The van der Waals surface area contributed by atoms with Crippen LogP contribution in [-0.4, -0.2) is 72.8 Å². The van der Waals surface area contributed by atoms with Gasteiger partial charge in [0.25, 0.3) is 0 Å². The summed E-state index contributed by atoms with van der Waals surface area (Å²) in [6, 6.07) is 0. The fraction of sp³-hybridized carbons (Fsp3) is 0.667. The molecule has 0 aliphatic carbocycles. The third-order valence-corrected chi connectivity index (χ3v) is 4.87. The fourth-order valence-electron chi connectivity index (χ4n) is 3.54. The lowest BCUT2D eigenvalue weighted by Crippen LogP contribution is -2.33. The average molecular weight is 350 g/mol. The number of nitrogens with two attached hydrogens (primary N) is 1. The molecular weight excluding hydrogens is 328 g/mol. The van der Waals surface area contributed by atoms with E-state index in [1.165, 1.54) is 17.3 Å². The van der Waals surface area contributed by atoms with Gasteiger partial charge in [0, 0.05) is 13.1 Å². The van der Waals surface area contributed by atoms with E-state index in [9.17, 15) is 15.3 Å². The van der Waals surface area contributed by atoms with Gasteiger partial charge < -0.3 is 30.7 Å². The van der Waals surface area contributed by atoms with Crippen LogP contribution in [0.5, 0.6) is 0 Å². The van der Waals surface area contributed by atoms with Crippen molar-refractivity contribution in [2.45, 2.75) is 43.8 Å². The minimum absolute atomic E-state index is 0.113. The fourth-order valence-corrected chi connectivity index (χ4v) is 3.54. The van der Waals surface area contributed by atoms with E-state index in [1.807, 2.05) is 0 Å². The molecule has 2 aromatic heterocycles. The van der Waals surface area contributed by atoms with Gasteiger partial charge in [0.2, 0.25) is 5.95 Å². The highest BCUT2D eigenvalue weighted by Crippen LogP contribution is 2.33. The summed E-state index contributed by atoms with van der Waals surface area (Å²) in [6.07, 6.45) is 0.697. The highest BCUT2D eigenvalue weighted by molar-refractivity contribution is 5.84. The van der Waals surface area contributed by atoms with Crippen molar-refractivity contribution in [3.05, 3.63) is 6.33 Å². The smallest absolute Gasteiger partial charge is 0.224 e. The van der Waals surface area contributed by atoms with Gasteiger partial charge in [-0.05, 0) is 19.3 Å². The SMILES string of the molecule is Nc1nc(N2CCCCC2)c2ncn(C3OC(CO)C(O)C3O)c2n1. The Labute approximate surface area is 143 Å². The minimum Gasteiger partial charge on any atom is -0.394 e. The number of nitrogen functional groups attached to an aromatic ring is 1. The number of anilines is 2. The number of hydrogen-bond acceptors (Lipinski definition) is 9. The molecule has 2 fully saturated rings. The van der Waals surface area contributed by atoms with Crippen LogP contribution in [0.4, 0.5) is 11.8 Å². The number of hydrogen-bond donors (Lipinski definition) is 4.